The number of unbranched alkanes of at least 4 members (excludes halogenated alkanes) is 9. The number of aromatic carboxylic acids is 1. The van der Waals surface area contributed by atoms with Crippen molar-refractivity contribution >= 4 is 11.9 Å². The van der Waals surface area contributed by atoms with Crippen LogP contribution in [0.5, 0.6) is 0 Å². The lowest BCUT2D eigenvalue weighted by atomic mass is 10.1. The van der Waals surface area contributed by atoms with Gasteiger partial charge in [-0.25, -0.2) is 9.59 Å². The number of benzene rings is 1. The maximum atomic E-state index is 11.8. The second-order valence-corrected chi connectivity index (χ2v) is 6.20. The summed E-state index contributed by atoms with van der Waals surface area (Å²) in [6.07, 6.45) is 12.4. The van der Waals surface area contributed by atoms with E-state index in [1.54, 1.807) is 0 Å². The van der Waals surface area contributed by atoms with Crippen LogP contribution in [0.2, 0.25) is 0 Å². The third-order valence-corrected chi connectivity index (χ3v) is 4.10. The van der Waals surface area contributed by atoms with Gasteiger partial charge in [-0.1, -0.05) is 64.7 Å². The fourth-order valence-electron chi connectivity index (χ4n) is 2.59. The Bertz CT molecular complexity index is 479. The maximum absolute atomic E-state index is 11.8. The largest absolute Gasteiger partial charge is 0.478 e. The minimum Gasteiger partial charge on any atom is -0.478 e. The molecular weight excluding hydrogens is 304 g/mol. The van der Waals surface area contributed by atoms with E-state index in [1.807, 2.05) is 0 Å². The van der Waals surface area contributed by atoms with E-state index < -0.39 is 5.97 Å². The van der Waals surface area contributed by atoms with E-state index in [2.05, 4.69) is 6.92 Å². The number of rotatable bonds is 13. The van der Waals surface area contributed by atoms with Crippen LogP contribution in [0.3, 0.4) is 0 Å². The molecule has 0 saturated carbocycles. The van der Waals surface area contributed by atoms with Gasteiger partial charge in [-0.15, -0.1) is 0 Å². The van der Waals surface area contributed by atoms with Crippen molar-refractivity contribution in [2.24, 2.45) is 0 Å². The van der Waals surface area contributed by atoms with Crippen LogP contribution in [-0.4, -0.2) is 23.7 Å². The molecule has 0 bridgehead atoms. The van der Waals surface area contributed by atoms with Gasteiger partial charge in [-0.3, -0.25) is 0 Å². The van der Waals surface area contributed by atoms with Gasteiger partial charge in [0.15, 0.2) is 0 Å². The van der Waals surface area contributed by atoms with Gasteiger partial charge in [0.05, 0.1) is 17.7 Å². The highest BCUT2D eigenvalue weighted by molar-refractivity contribution is 5.92. The molecule has 0 aromatic heterocycles. The summed E-state index contributed by atoms with van der Waals surface area (Å²) < 4.78 is 5.21. The Morgan fingerprint density at radius 3 is 1.75 bits per heavy atom. The molecule has 0 radical (unpaired) electrons. The second-order valence-electron chi connectivity index (χ2n) is 6.20. The normalized spacial score (nSPS) is 10.5. The Hall–Kier alpha value is -1.84. The molecule has 0 fully saturated rings. The van der Waals surface area contributed by atoms with Gasteiger partial charge in [-0.05, 0) is 30.7 Å². The van der Waals surface area contributed by atoms with Crippen LogP contribution in [0.15, 0.2) is 24.3 Å². The van der Waals surface area contributed by atoms with E-state index in [9.17, 15) is 9.59 Å². The van der Waals surface area contributed by atoms with Crippen LogP contribution in [0.4, 0.5) is 0 Å². The number of carbonyl (C=O) groups excluding carboxylic acids is 1. The molecule has 0 aliphatic carbocycles. The van der Waals surface area contributed by atoms with E-state index in [4.69, 9.17) is 9.84 Å². The van der Waals surface area contributed by atoms with Crippen LogP contribution in [0, 0.1) is 0 Å². The number of esters is 1. The second kappa shape index (κ2) is 12.6. The summed E-state index contributed by atoms with van der Waals surface area (Å²) in [5.74, 6) is -1.39. The van der Waals surface area contributed by atoms with Crippen molar-refractivity contribution in [2.75, 3.05) is 6.61 Å². The lowest BCUT2D eigenvalue weighted by Crippen LogP contribution is -2.07. The number of carboxylic acid groups (broad SMARTS) is 1. The number of hydrogen-bond acceptors (Lipinski definition) is 3. The smallest absolute Gasteiger partial charge is 0.338 e. The molecule has 134 valence electrons. The fraction of sp³-hybridized carbons (Fsp3) is 0.600. The lowest BCUT2D eigenvalue weighted by molar-refractivity contribution is 0.0496. The Labute approximate surface area is 145 Å². The molecule has 1 aromatic carbocycles. The summed E-state index contributed by atoms with van der Waals surface area (Å²) in [6, 6.07) is 5.81. The average Bonchev–Trinajstić information content (AvgIpc) is 2.59. The molecule has 0 heterocycles. The molecule has 0 saturated heterocycles. The van der Waals surface area contributed by atoms with Crippen LogP contribution >= 0.6 is 0 Å². The third kappa shape index (κ3) is 8.70. The zero-order valence-corrected chi connectivity index (χ0v) is 14.8. The molecule has 1 rings (SSSR count). The first-order valence-electron chi connectivity index (χ1n) is 9.15. The van der Waals surface area contributed by atoms with Gasteiger partial charge < -0.3 is 9.84 Å². The fourth-order valence-corrected chi connectivity index (χ4v) is 2.59. The predicted octanol–water partition coefficient (Wildman–Crippen LogP) is 5.46. The van der Waals surface area contributed by atoms with E-state index in [0.717, 1.165) is 12.8 Å². The molecule has 1 aromatic rings. The van der Waals surface area contributed by atoms with E-state index in [0.29, 0.717) is 12.2 Å². The summed E-state index contributed by atoms with van der Waals surface area (Å²) in [7, 11) is 0. The van der Waals surface area contributed by atoms with Gasteiger partial charge in [0.25, 0.3) is 0 Å². The zero-order chi connectivity index (χ0) is 17.6. The topological polar surface area (TPSA) is 63.6 Å². The van der Waals surface area contributed by atoms with Crippen LogP contribution in [0.1, 0.15) is 91.8 Å². The molecule has 4 heteroatoms. The summed E-state index contributed by atoms with van der Waals surface area (Å²) in [5.41, 5.74) is 0.563. The first kappa shape index (κ1) is 20.2. The molecule has 0 atom stereocenters. The Balaban J connectivity index is 2.02. The Kier molecular flexibility index (Phi) is 10.6. The van der Waals surface area contributed by atoms with Crippen molar-refractivity contribution in [1.29, 1.82) is 0 Å². The number of ether oxygens (including phenoxy) is 1. The van der Waals surface area contributed by atoms with E-state index in [1.165, 1.54) is 75.6 Å². The predicted molar refractivity (Wildman–Crippen MR) is 95.5 cm³/mol. The SMILES string of the molecule is CCCCCCCCCCCCOC(=O)c1ccc(C(=O)O)cc1. The zero-order valence-electron chi connectivity index (χ0n) is 14.8. The van der Waals surface area contributed by atoms with Crippen LogP contribution in [-0.2, 0) is 4.74 Å². The monoisotopic (exact) mass is 334 g/mol. The molecule has 0 unspecified atom stereocenters. The highest BCUT2D eigenvalue weighted by Crippen LogP contribution is 2.11. The number of carboxylic acids is 1. The molecule has 0 spiro atoms. The summed E-state index contributed by atoms with van der Waals surface area (Å²) in [6.45, 7) is 2.66. The Morgan fingerprint density at radius 1 is 0.792 bits per heavy atom. The van der Waals surface area contributed by atoms with E-state index >= 15 is 0 Å². The van der Waals surface area contributed by atoms with Crippen molar-refractivity contribution in [1.82, 2.24) is 0 Å². The molecule has 0 amide bonds. The summed E-state index contributed by atoms with van der Waals surface area (Å²) >= 11 is 0. The molecular formula is C20H30O4. The number of carbonyl (C=O) groups is 2. The van der Waals surface area contributed by atoms with Gasteiger partial charge in [0, 0.05) is 0 Å². The van der Waals surface area contributed by atoms with Gasteiger partial charge in [-0.2, -0.15) is 0 Å². The average molecular weight is 334 g/mol. The quantitative estimate of drug-likeness (QED) is 0.384. The minimum atomic E-state index is -1.000. The molecule has 0 aliphatic rings. The standard InChI is InChI=1S/C20H30O4/c1-2-3-4-5-6-7-8-9-10-11-16-24-20(23)18-14-12-17(13-15-18)19(21)22/h12-15H,2-11,16H2,1H3,(H,21,22). The summed E-state index contributed by atoms with van der Waals surface area (Å²) in [4.78, 5) is 22.6. The van der Waals surface area contributed by atoms with Crippen molar-refractivity contribution in [3.63, 3.8) is 0 Å². The van der Waals surface area contributed by atoms with Crippen LogP contribution in [0.25, 0.3) is 0 Å². The highest BCUT2D eigenvalue weighted by Gasteiger charge is 2.08. The van der Waals surface area contributed by atoms with E-state index in [-0.39, 0.29) is 11.5 Å². The van der Waals surface area contributed by atoms with Crippen molar-refractivity contribution in [3.05, 3.63) is 35.4 Å². The van der Waals surface area contributed by atoms with Crippen molar-refractivity contribution in [2.45, 2.75) is 71.1 Å². The molecule has 1 N–H and O–H groups in total. The third-order valence-electron chi connectivity index (χ3n) is 4.10. The molecule has 24 heavy (non-hydrogen) atoms. The van der Waals surface area contributed by atoms with Crippen molar-refractivity contribution in [3.8, 4) is 0 Å². The van der Waals surface area contributed by atoms with Gasteiger partial charge >= 0.3 is 11.9 Å². The minimum absolute atomic E-state index is 0.168. The maximum Gasteiger partial charge on any atom is 0.338 e. The molecule has 0 aliphatic heterocycles. The van der Waals surface area contributed by atoms with Gasteiger partial charge in [0.1, 0.15) is 0 Å². The highest BCUT2D eigenvalue weighted by atomic mass is 16.5. The summed E-state index contributed by atoms with van der Waals surface area (Å²) in [5, 5.41) is 8.81. The number of hydrogen-bond donors (Lipinski definition) is 1. The Morgan fingerprint density at radius 2 is 1.25 bits per heavy atom. The first-order chi connectivity index (χ1) is 11.6. The van der Waals surface area contributed by atoms with Crippen molar-refractivity contribution < 1.29 is 19.4 Å². The van der Waals surface area contributed by atoms with Gasteiger partial charge in [0.2, 0.25) is 0 Å². The molecule has 4 nitrogen and oxygen atoms in total. The first-order valence-corrected chi connectivity index (χ1v) is 9.15. The lowest BCUT2D eigenvalue weighted by Gasteiger charge is -2.05. The van der Waals surface area contributed by atoms with Crippen LogP contribution < -0.4 is 0 Å².